The average molecular weight is 490 g/mol. The number of benzene rings is 2. The number of esters is 1. The van der Waals surface area contributed by atoms with Gasteiger partial charge in [-0.3, -0.25) is 9.36 Å². The van der Waals surface area contributed by atoms with Crippen LogP contribution in [0.3, 0.4) is 0 Å². The molecule has 0 spiro atoms. The smallest absolute Gasteiger partial charge is 0.349 e. The third-order valence-electron chi connectivity index (χ3n) is 4.49. The number of carbonyl (C=O) groups excluding carboxylic acids is 1. The molecule has 4 nitrogen and oxygen atoms in total. The highest BCUT2D eigenvalue weighted by molar-refractivity contribution is 9.10. The van der Waals surface area contributed by atoms with Crippen LogP contribution in [0.25, 0.3) is 27.0 Å². The van der Waals surface area contributed by atoms with Crippen LogP contribution in [0.5, 0.6) is 0 Å². The summed E-state index contributed by atoms with van der Waals surface area (Å²) in [5, 5.41) is 0.496. The van der Waals surface area contributed by atoms with Gasteiger partial charge in [0.2, 0.25) is 0 Å². The Balaban J connectivity index is 2.08. The monoisotopic (exact) mass is 489 g/mol. The lowest BCUT2D eigenvalue weighted by atomic mass is 10.0. The number of hydrogen-bond donors (Lipinski definition) is 0. The van der Waals surface area contributed by atoms with Gasteiger partial charge in [0.15, 0.2) is 0 Å². The van der Waals surface area contributed by atoms with Crippen LogP contribution in [0.2, 0.25) is 0 Å². The van der Waals surface area contributed by atoms with Crippen molar-refractivity contribution in [2.45, 2.75) is 6.92 Å². The minimum atomic E-state index is -0.804. The van der Waals surface area contributed by atoms with E-state index in [1.54, 1.807) is 37.3 Å². The molecule has 0 aliphatic carbocycles. The molecule has 0 aliphatic rings. The molecular weight excluding hydrogens is 476 g/mol. The molecule has 4 aromatic rings. The predicted octanol–water partition coefficient (Wildman–Crippen LogP) is 5.94. The maximum atomic E-state index is 14.7. The summed E-state index contributed by atoms with van der Waals surface area (Å²) in [6.07, 6.45) is 0. The maximum Gasteiger partial charge on any atom is 0.349 e. The van der Waals surface area contributed by atoms with Crippen molar-refractivity contribution in [1.29, 1.82) is 0 Å². The summed E-state index contributed by atoms with van der Waals surface area (Å²) in [4.78, 5) is 26.0. The Morgan fingerprint density at radius 3 is 2.50 bits per heavy atom. The van der Waals surface area contributed by atoms with E-state index in [4.69, 9.17) is 4.74 Å². The fourth-order valence-electron chi connectivity index (χ4n) is 3.22. The number of rotatable bonds is 4. The van der Waals surface area contributed by atoms with Gasteiger partial charge >= 0.3 is 5.97 Å². The number of pyridine rings is 1. The highest BCUT2D eigenvalue weighted by Crippen LogP contribution is 2.40. The first-order valence-electron chi connectivity index (χ1n) is 8.97. The van der Waals surface area contributed by atoms with E-state index in [1.807, 2.05) is 0 Å². The van der Waals surface area contributed by atoms with Gasteiger partial charge in [0, 0.05) is 33.1 Å². The molecule has 0 saturated carbocycles. The number of ether oxygens (including phenoxy) is 1. The van der Waals surface area contributed by atoms with Crippen LogP contribution in [0, 0.1) is 11.6 Å². The second kappa shape index (κ2) is 8.12. The second-order valence-corrected chi connectivity index (χ2v) is 8.27. The van der Waals surface area contributed by atoms with Gasteiger partial charge in [-0.1, -0.05) is 15.9 Å². The molecule has 0 saturated heterocycles. The van der Waals surface area contributed by atoms with Crippen molar-refractivity contribution in [3.63, 3.8) is 0 Å². The molecule has 0 aliphatic heterocycles. The summed E-state index contributed by atoms with van der Waals surface area (Å²) in [7, 11) is 0. The molecule has 0 unspecified atom stereocenters. The normalized spacial score (nSPS) is 11.1. The molecule has 0 radical (unpaired) electrons. The van der Waals surface area contributed by atoms with Gasteiger partial charge in [0.25, 0.3) is 5.56 Å². The first kappa shape index (κ1) is 20.4. The van der Waals surface area contributed by atoms with Crippen molar-refractivity contribution >= 4 is 43.5 Å². The number of halogens is 3. The minimum Gasteiger partial charge on any atom is -0.462 e. The molecule has 0 N–H and O–H groups in total. The van der Waals surface area contributed by atoms with Crippen molar-refractivity contribution in [3.05, 3.63) is 85.9 Å². The summed E-state index contributed by atoms with van der Waals surface area (Å²) in [6.45, 7) is 1.80. The predicted molar refractivity (Wildman–Crippen MR) is 116 cm³/mol. The van der Waals surface area contributed by atoms with Crippen LogP contribution >= 0.6 is 27.3 Å². The van der Waals surface area contributed by atoms with Gasteiger partial charge in [-0.05, 0) is 49.4 Å². The van der Waals surface area contributed by atoms with Gasteiger partial charge in [-0.2, -0.15) is 0 Å². The Kier molecular flexibility index (Phi) is 5.53. The standard InChI is InChI=1S/C22H14BrF2NO3S/c1-2-29-22(28)20-19(15-8-5-13(24)11-17(15)25)16-9-10-18(27)26(21(16)30-20)14-6-3-12(23)4-7-14/h3-11H,2H2,1H3. The molecule has 0 fully saturated rings. The highest BCUT2D eigenvalue weighted by Gasteiger charge is 2.25. The van der Waals surface area contributed by atoms with E-state index in [9.17, 15) is 18.4 Å². The van der Waals surface area contributed by atoms with Crippen LogP contribution in [0.4, 0.5) is 8.78 Å². The van der Waals surface area contributed by atoms with Crippen LogP contribution in [-0.2, 0) is 4.74 Å². The molecule has 0 amide bonds. The third kappa shape index (κ3) is 3.57. The zero-order chi connectivity index (χ0) is 21.4. The van der Waals surface area contributed by atoms with Crippen LogP contribution in [0.1, 0.15) is 16.6 Å². The highest BCUT2D eigenvalue weighted by atomic mass is 79.9. The van der Waals surface area contributed by atoms with Crippen molar-refractivity contribution < 1.29 is 18.3 Å². The number of aromatic nitrogens is 1. The molecule has 2 aromatic heterocycles. The Morgan fingerprint density at radius 1 is 1.10 bits per heavy atom. The third-order valence-corrected chi connectivity index (χ3v) is 6.19. The fourth-order valence-corrected chi connectivity index (χ4v) is 4.71. The van der Waals surface area contributed by atoms with E-state index < -0.39 is 17.6 Å². The summed E-state index contributed by atoms with van der Waals surface area (Å²) in [5.74, 6) is -2.16. The molecule has 8 heteroatoms. The lowest BCUT2D eigenvalue weighted by molar-refractivity contribution is 0.0533. The fraction of sp³-hybridized carbons (Fsp3) is 0.0909. The van der Waals surface area contributed by atoms with E-state index in [1.165, 1.54) is 16.7 Å². The number of carbonyl (C=O) groups is 1. The van der Waals surface area contributed by atoms with Crippen molar-refractivity contribution in [2.24, 2.45) is 0 Å². The van der Waals surface area contributed by atoms with Crippen LogP contribution in [-0.4, -0.2) is 17.1 Å². The second-order valence-electron chi connectivity index (χ2n) is 6.35. The van der Waals surface area contributed by atoms with Crippen LogP contribution in [0.15, 0.2) is 63.9 Å². The van der Waals surface area contributed by atoms with E-state index in [-0.39, 0.29) is 28.2 Å². The van der Waals surface area contributed by atoms with Gasteiger partial charge in [0.1, 0.15) is 21.3 Å². The number of thiophene rings is 1. The molecule has 30 heavy (non-hydrogen) atoms. The van der Waals surface area contributed by atoms with Gasteiger partial charge in [-0.15, -0.1) is 11.3 Å². The Bertz CT molecular complexity index is 1330. The maximum absolute atomic E-state index is 14.7. The van der Waals surface area contributed by atoms with E-state index in [0.717, 1.165) is 27.9 Å². The summed E-state index contributed by atoms with van der Waals surface area (Å²) >= 11 is 4.40. The largest absolute Gasteiger partial charge is 0.462 e. The Hall–Kier alpha value is -2.84. The molecule has 4 rings (SSSR count). The summed E-state index contributed by atoms with van der Waals surface area (Å²) < 4.78 is 35.6. The Morgan fingerprint density at radius 2 is 1.83 bits per heavy atom. The van der Waals surface area contributed by atoms with Crippen molar-refractivity contribution in [2.75, 3.05) is 6.61 Å². The van der Waals surface area contributed by atoms with E-state index >= 15 is 0 Å². The van der Waals surface area contributed by atoms with Crippen molar-refractivity contribution in [3.8, 4) is 16.8 Å². The van der Waals surface area contributed by atoms with E-state index in [0.29, 0.717) is 15.9 Å². The Labute approximate surface area is 182 Å². The number of hydrogen-bond acceptors (Lipinski definition) is 4. The molecule has 0 bridgehead atoms. The number of nitrogens with zero attached hydrogens (tertiary/aromatic N) is 1. The lowest BCUT2D eigenvalue weighted by Gasteiger charge is -2.08. The minimum absolute atomic E-state index is 0.0618. The summed E-state index contributed by atoms with van der Waals surface area (Å²) in [5.41, 5.74) is 0.632. The first-order valence-corrected chi connectivity index (χ1v) is 10.6. The molecule has 0 atom stereocenters. The van der Waals surface area contributed by atoms with Crippen molar-refractivity contribution in [1.82, 2.24) is 4.57 Å². The average Bonchev–Trinajstić information content (AvgIpc) is 3.08. The van der Waals surface area contributed by atoms with E-state index in [2.05, 4.69) is 15.9 Å². The summed E-state index contributed by atoms with van der Waals surface area (Å²) in [6, 6.07) is 13.2. The van der Waals surface area contributed by atoms with Gasteiger partial charge < -0.3 is 4.74 Å². The molecule has 2 heterocycles. The van der Waals surface area contributed by atoms with Gasteiger partial charge in [-0.25, -0.2) is 13.6 Å². The number of fused-ring (bicyclic) bond motifs is 1. The zero-order valence-corrected chi connectivity index (χ0v) is 18.0. The quantitative estimate of drug-likeness (QED) is 0.333. The molecule has 2 aromatic carbocycles. The zero-order valence-electron chi connectivity index (χ0n) is 15.6. The molecule has 152 valence electrons. The molecular formula is C22H14BrF2NO3S. The van der Waals surface area contributed by atoms with Crippen LogP contribution < -0.4 is 5.56 Å². The topological polar surface area (TPSA) is 48.3 Å². The SMILES string of the molecule is CCOC(=O)c1sc2c(ccc(=O)n2-c2ccc(Br)cc2)c1-c1ccc(F)cc1F. The van der Waals surface area contributed by atoms with Gasteiger partial charge in [0.05, 0.1) is 12.3 Å². The first-order chi connectivity index (χ1) is 14.4. The lowest BCUT2D eigenvalue weighted by Crippen LogP contribution is -2.16.